The molecule has 2 aliphatic heterocycles. The standard InChI is InChI=1S/C13H17NOS/c1-2-12-11(4-6-14-12)13(3-1)15-8-10-5-7-16-9-10/h1-3,10,14H,4-9H2. The fourth-order valence-corrected chi connectivity index (χ4v) is 3.63. The lowest BCUT2D eigenvalue weighted by Crippen LogP contribution is -2.11. The van der Waals surface area contributed by atoms with Crippen LogP contribution in [0, 0.1) is 5.92 Å². The fourth-order valence-electron chi connectivity index (χ4n) is 2.37. The van der Waals surface area contributed by atoms with Crippen molar-refractivity contribution in [3.63, 3.8) is 0 Å². The number of nitrogens with one attached hydrogen (secondary N) is 1. The highest BCUT2D eigenvalue weighted by Gasteiger charge is 2.18. The molecule has 16 heavy (non-hydrogen) atoms. The minimum absolute atomic E-state index is 0.759. The summed E-state index contributed by atoms with van der Waals surface area (Å²) >= 11 is 2.05. The molecule has 0 amide bonds. The Kier molecular flexibility index (Phi) is 2.96. The highest BCUT2D eigenvalue weighted by Crippen LogP contribution is 2.32. The van der Waals surface area contributed by atoms with Crippen molar-refractivity contribution < 1.29 is 4.74 Å². The lowest BCUT2D eigenvalue weighted by atomic mass is 10.1. The Hall–Kier alpha value is -0.830. The summed E-state index contributed by atoms with van der Waals surface area (Å²) in [6, 6.07) is 6.32. The molecule has 1 N–H and O–H groups in total. The van der Waals surface area contributed by atoms with E-state index < -0.39 is 0 Å². The maximum absolute atomic E-state index is 5.98. The minimum Gasteiger partial charge on any atom is -0.493 e. The largest absolute Gasteiger partial charge is 0.493 e. The van der Waals surface area contributed by atoms with E-state index in [1.807, 2.05) is 0 Å². The van der Waals surface area contributed by atoms with Gasteiger partial charge in [0, 0.05) is 23.7 Å². The SMILES string of the molecule is c1cc2c(c(OCC3CCSC3)c1)CCN2. The molecule has 2 heterocycles. The zero-order valence-electron chi connectivity index (χ0n) is 9.37. The van der Waals surface area contributed by atoms with E-state index in [1.165, 1.54) is 29.2 Å². The Morgan fingerprint density at radius 1 is 1.44 bits per heavy atom. The number of thioether (sulfide) groups is 1. The second kappa shape index (κ2) is 4.58. The molecule has 0 aromatic heterocycles. The first kappa shape index (κ1) is 10.3. The molecule has 2 nitrogen and oxygen atoms in total. The van der Waals surface area contributed by atoms with Gasteiger partial charge in [-0.1, -0.05) is 6.07 Å². The molecular formula is C13H17NOS. The third-order valence-corrected chi connectivity index (χ3v) is 4.55. The van der Waals surface area contributed by atoms with Crippen molar-refractivity contribution in [1.29, 1.82) is 0 Å². The first-order valence-corrected chi connectivity index (χ1v) is 7.15. The predicted molar refractivity (Wildman–Crippen MR) is 69.6 cm³/mol. The van der Waals surface area contributed by atoms with Crippen molar-refractivity contribution >= 4 is 17.4 Å². The molecular weight excluding hydrogens is 218 g/mol. The van der Waals surface area contributed by atoms with Crippen molar-refractivity contribution in [2.24, 2.45) is 5.92 Å². The molecule has 1 saturated heterocycles. The molecule has 0 saturated carbocycles. The molecule has 2 aliphatic rings. The summed E-state index contributed by atoms with van der Waals surface area (Å²) in [4.78, 5) is 0. The summed E-state index contributed by atoms with van der Waals surface area (Å²) in [5.74, 6) is 4.44. The third-order valence-electron chi connectivity index (χ3n) is 3.32. The molecule has 0 spiro atoms. The summed E-state index contributed by atoms with van der Waals surface area (Å²) in [5.41, 5.74) is 2.63. The Balaban J connectivity index is 1.67. The van der Waals surface area contributed by atoms with E-state index in [0.717, 1.165) is 31.2 Å². The van der Waals surface area contributed by atoms with Gasteiger partial charge in [0.2, 0.25) is 0 Å². The van der Waals surface area contributed by atoms with E-state index in [-0.39, 0.29) is 0 Å². The van der Waals surface area contributed by atoms with Crippen LogP contribution in [-0.4, -0.2) is 24.7 Å². The molecule has 1 aromatic rings. The maximum atomic E-state index is 5.98. The Bertz CT molecular complexity index is 374. The Labute approximate surface area is 101 Å². The summed E-state index contributed by atoms with van der Waals surface area (Å²) in [6.45, 7) is 1.94. The molecule has 86 valence electrons. The van der Waals surface area contributed by atoms with E-state index in [0.29, 0.717) is 0 Å². The molecule has 0 aliphatic carbocycles. The molecule has 0 bridgehead atoms. The summed E-state index contributed by atoms with van der Waals surface area (Å²) in [6.07, 6.45) is 2.42. The topological polar surface area (TPSA) is 21.3 Å². The molecule has 1 fully saturated rings. The Morgan fingerprint density at radius 2 is 2.44 bits per heavy atom. The fraction of sp³-hybridized carbons (Fsp3) is 0.538. The van der Waals surface area contributed by atoms with Gasteiger partial charge in [0.1, 0.15) is 5.75 Å². The first-order chi connectivity index (χ1) is 7.93. The second-order valence-corrected chi connectivity index (χ2v) is 5.65. The average molecular weight is 235 g/mol. The van der Waals surface area contributed by atoms with Gasteiger partial charge in [-0.15, -0.1) is 0 Å². The van der Waals surface area contributed by atoms with E-state index in [2.05, 4.69) is 35.3 Å². The van der Waals surface area contributed by atoms with Crippen LogP contribution in [0.15, 0.2) is 18.2 Å². The average Bonchev–Trinajstić information content (AvgIpc) is 2.97. The van der Waals surface area contributed by atoms with Crippen molar-refractivity contribution in [3.8, 4) is 5.75 Å². The molecule has 1 unspecified atom stereocenters. The highest BCUT2D eigenvalue weighted by molar-refractivity contribution is 7.99. The second-order valence-electron chi connectivity index (χ2n) is 4.50. The molecule has 3 rings (SSSR count). The van der Waals surface area contributed by atoms with Crippen LogP contribution in [-0.2, 0) is 6.42 Å². The van der Waals surface area contributed by atoms with Gasteiger partial charge in [-0.3, -0.25) is 0 Å². The van der Waals surface area contributed by atoms with Gasteiger partial charge in [-0.05, 0) is 36.5 Å². The number of hydrogen-bond donors (Lipinski definition) is 1. The van der Waals surface area contributed by atoms with Crippen LogP contribution in [0.25, 0.3) is 0 Å². The number of benzene rings is 1. The van der Waals surface area contributed by atoms with Crippen LogP contribution in [0.2, 0.25) is 0 Å². The predicted octanol–water partition coefficient (Wildman–Crippen LogP) is 2.79. The van der Waals surface area contributed by atoms with Gasteiger partial charge in [0.25, 0.3) is 0 Å². The van der Waals surface area contributed by atoms with Crippen LogP contribution in [0.4, 0.5) is 5.69 Å². The lowest BCUT2D eigenvalue weighted by Gasteiger charge is -2.13. The molecule has 3 heteroatoms. The van der Waals surface area contributed by atoms with E-state index in [4.69, 9.17) is 4.74 Å². The van der Waals surface area contributed by atoms with E-state index in [1.54, 1.807) is 0 Å². The van der Waals surface area contributed by atoms with E-state index in [9.17, 15) is 0 Å². The normalized spacial score (nSPS) is 22.9. The van der Waals surface area contributed by atoms with Crippen LogP contribution >= 0.6 is 11.8 Å². The summed E-state index contributed by atoms with van der Waals surface area (Å²) < 4.78 is 5.98. The summed E-state index contributed by atoms with van der Waals surface area (Å²) in [5, 5.41) is 3.38. The third kappa shape index (κ3) is 2.01. The quantitative estimate of drug-likeness (QED) is 0.870. The van der Waals surface area contributed by atoms with Crippen molar-refractivity contribution in [2.75, 3.05) is 30.0 Å². The van der Waals surface area contributed by atoms with Gasteiger partial charge in [0.15, 0.2) is 0 Å². The zero-order chi connectivity index (χ0) is 10.8. The first-order valence-electron chi connectivity index (χ1n) is 6.00. The number of anilines is 1. The monoisotopic (exact) mass is 235 g/mol. The Morgan fingerprint density at radius 3 is 3.31 bits per heavy atom. The number of ether oxygens (including phenoxy) is 1. The van der Waals surface area contributed by atoms with Crippen LogP contribution in [0.1, 0.15) is 12.0 Å². The van der Waals surface area contributed by atoms with Gasteiger partial charge >= 0.3 is 0 Å². The van der Waals surface area contributed by atoms with Gasteiger partial charge in [-0.25, -0.2) is 0 Å². The molecule has 1 aromatic carbocycles. The summed E-state index contributed by atoms with van der Waals surface area (Å²) in [7, 11) is 0. The minimum atomic E-state index is 0.759. The number of fused-ring (bicyclic) bond motifs is 1. The highest BCUT2D eigenvalue weighted by atomic mass is 32.2. The van der Waals surface area contributed by atoms with E-state index >= 15 is 0 Å². The van der Waals surface area contributed by atoms with Crippen LogP contribution < -0.4 is 10.1 Å². The van der Waals surface area contributed by atoms with Crippen molar-refractivity contribution in [1.82, 2.24) is 0 Å². The van der Waals surface area contributed by atoms with Crippen molar-refractivity contribution in [2.45, 2.75) is 12.8 Å². The maximum Gasteiger partial charge on any atom is 0.124 e. The zero-order valence-corrected chi connectivity index (χ0v) is 10.2. The van der Waals surface area contributed by atoms with Gasteiger partial charge in [0.05, 0.1) is 6.61 Å². The molecule has 0 radical (unpaired) electrons. The van der Waals surface area contributed by atoms with Crippen molar-refractivity contribution in [3.05, 3.63) is 23.8 Å². The van der Waals surface area contributed by atoms with Crippen LogP contribution in [0.5, 0.6) is 5.75 Å². The van der Waals surface area contributed by atoms with Gasteiger partial charge in [-0.2, -0.15) is 11.8 Å². The lowest BCUT2D eigenvalue weighted by molar-refractivity contribution is 0.262. The van der Waals surface area contributed by atoms with Crippen LogP contribution in [0.3, 0.4) is 0 Å². The number of rotatable bonds is 3. The van der Waals surface area contributed by atoms with Gasteiger partial charge < -0.3 is 10.1 Å². The smallest absolute Gasteiger partial charge is 0.124 e. The number of hydrogen-bond acceptors (Lipinski definition) is 3. The molecule has 1 atom stereocenters.